The standard InChI is InChI=1S/C13H12BrFN2/c14-13-5-4-11(15)7-10(13)8-16-9-12-3-1-2-6-17-12/h1-7,16H,8-9H2. The van der Waals surface area contributed by atoms with E-state index in [1.54, 1.807) is 12.3 Å². The van der Waals surface area contributed by atoms with E-state index in [0.29, 0.717) is 13.1 Å². The Balaban J connectivity index is 1.92. The molecule has 0 amide bonds. The van der Waals surface area contributed by atoms with Crippen LogP contribution in [0.15, 0.2) is 47.1 Å². The largest absolute Gasteiger partial charge is 0.307 e. The number of nitrogens with one attached hydrogen (secondary N) is 1. The topological polar surface area (TPSA) is 24.9 Å². The van der Waals surface area contributed by atoms with Gasteiger partial charge < -0.3 is 5.32 Å². The molecule has 0 fully saturated rings. The van der Waals surface area contributed by atoms with Crippen LogP contribution in [0, 0.1) is 5.82 Å². The van der Waals surface area contributed by atoms with Gasteiger partial charge in [-0.25, -0.2) is 4.39 Å². The van der Waals surface area contributed by atoms with Crippen molar-refractivity contribution in [1.29, 1.82) is 0 Å². The second-order valence-corrected chi connectivity index (χ2v) is 4.51. The fourth-order valence-electron chi connectivity index (χ4n) is 1.51. The lowest BCUT2D eigenvalue weighted by atomic mass is 10.2. The molecule has 0 spiro atoms. The average molecular weight is 295 g/mol. The number of rotatable bonds is 4. The van der Waals surface area contributed by atoms with Gasteiger partial charge >= 0.3 is 0 Å². The van der Waals surface area contributed by atoms with Gasteiger partial charge in [0, 0.05) is 23.8 Å². The molecule has 0 bridgehead atoms. The summed E-state index contributed by atoms with van der Waals surface area (Å²) in [6.45, 7) is 1.28. The molecule has 2 nitrogen and oxygen atoms in total. The summed E-state index contributed by atoms with van der Waals surface area (Å²) in [7, 11) is 0. The van der Waals surface area contributed by atoms with Crippen molar-refractivity contribution in [2.45, 2.75) is 13.1 Å². The Hall–Kier alpha value is -1.26. The van der Waals surface area contributed by atoms with E-state index >= 15 is 0 Å². The summed E-state index contributed by atoms with van der Waals surface area (Å²) >= 11 is 3.39. The molecule has 0 aliphatic rings. The van der Waals surface area contributed by atoms with E-state index in [2.05, 4.69) is 26.2 Å². The van der Waals surface area contributed by atoms with Crippen molar-refractivity contribution < 1.29 is 4.39 Å². The van der Waals surface area contributed by atoms with Crippen molar-refractivity contribution in [3.63, 3.8) is 0 Å². The second kappa shape index (κ2) is 5.89. The van der Waals surface area contributed by atoms with Gasteiger partial charge in [0.05, 0.1) is 5.69 Å². The first-order valence-corrected chi connectivity index (χ1v) is 6.09. The maximum atomic E-state index is 13.0. The van der Waals surface area contributed by atoms with Gasteiger partial charge in [0.15, 0.2) is 0 Å². The summed E-state index contributed by atoms with van der Waals surface area (Å²) in [6, 6.07) is 10.5. The molecule has 88 valence electrons. The molecule has 0 radical (unpaired) electrons. The van der Waals surface area contributed by atoms with Gasteiger partial charge in [-0.1, -0.05) is 22.0 Å². The third-order valence-corrected chi connectivity index (χ3v) is 3.13. The first-order chi connectivity index (χ1) is 8.25. The fraction of sp³-hybridized carbons (Fsp3) is 0.154. The van der Waals surface area contributed by atoms with E-state index in [-0.39, 0.29) is 5.82 Å². The first kappa shape index (κ1) is 12.2. The van der Waals surface area contributed by atoms with Crippen LogP contribution in [0.5, 0.6) is 0 Å². The molecule has 1 aromatic carbocycles. The lowest BCUT2D eigenvalue weighted by molar-refractivity contribution is 0.618. The van der Waals surface area contributed by atoms with E-state index in [9.17, 15) is 4.39 Å². The molecule has 0 atom stereocenters. The first-order valence-electron chi connectivity index (χ1n) is 5.30. The molecule has 0 aliphatic heterocycles. The molecular formula is C13H12BrFN2. The number of aromatic nitrogens is 1. The van der Waals surface area contributed by atoms with E-state index in [1.807, 2.05) is 18.2 Å². The predicted molar refractivity (Wildman–Crippen MR) is 68.9 cm³/mol. The Labute approximate surface area is 108 Å². The van der Waals surface area contributed by atoms with Crippen LogP contribution >= 0.6 is 15.9 Å². The lowest BCUT2D eigenvalue weighted by Crippen LogP contribution is -2.14. The van der Waals surface area contributed by atoms with Crippen molar-refractivity contribution in [3.05, 3.63) is 64.1 Å². The van der Waals surface area contributed by atoms with Gasteiger partial charge in [-0.05, 0) is 35.9 Å². The number of hydrogen-bond acceptors (Lipinski definition) is 2. The van der Waals surface area contributed by atoms with Gasteiger partial charge in [-0.2, -0.15) is 0 Å². The van der Waals surface area contributed by atoms with Crippen molar-refractivity contribution >= 4 is 15.9 Å². The molecule has 0 saturated carbocycles. The van der Waals surface area contributed by atoms with Gasteiger partial charge in [0.2, 0.25) is 0 Å². The summed E-state index contributed by atoms with van der Waals surface area (Å²) in [5.74, 6) is -0.220. The minimum absolute atomic E-state index is 0.220. The smallest absolute Gasteiger partial charge is 0.123 e. The van der Waals surface area contributed by atoms with Gasteiger partial charge in [-0.15, -0.1) is 0 Å². The Morgan fingerprint density at radius 1 is 1.18 bits per heavy atom. The van der Waals surface area contributed by atoms with Gasteiger partial charge in [0.25, 0.3) is 0 Å². The molecule has 0 saturated heterocycles. The van der Waals surface area contributed by atoms with E-state index in [1.165, 1.54) is 12.1 Å². The van der Waals surface area contributed by atoms with E-state index in [0.717, 1.165) is 15.7 Å². The zero-order chi connectivity index (χ0) is 12.1. The van der Waals surface area contributed by atoms with Crippen LogP contribution in [-0.4, -0.2) is 4.98 Å². The molecular weight excluding hydrogens is 283 g/mol. The van der Waals surface area contributed by atoms with E-state index in [4.69, 9.17) is 0 Å². The summed E-state index contributed by atoms with van der Waals surface area (Å²) in [5, 5.41) is 3.23. The van der Waals surface area contributed by atoms with Crippen molar-refractivity contribution in [2.75, 3.05) is 0 Å². The zero-order valence-corrected chi connectivity index (χ0v) is 10.7. The quantitative estimate of drug-likeness (QED) is 0.936. The summed E-state index contributed by atoms with van der Waals surface area (Å²) in [5.41, 5.74) is 1.88. The molecule has 2 aromatic rings. The maximum absolute atomic E-state index is 13.0. The number of hydrogen-bond donors (Lipinski definition) is 1. The highest BCUT2D eigenvalue weighted by Crippen LogP contribution is 2.17. The predicted octanol–water partition coefficient (Wildman–Crippen LogP) is 3.27. The van der Waals surface area contributed by atoms with Crippen LogP contribution in [0.25, 0.3) is 0 Å². The highest BCUT2D eigenvalue weighted by molar-refractivity contribution is 9.10. The van der Waals surface area contributed by atoms with Crippen LogP contribution in [0.2, 0.25) is 0 Å². The normalized spacial score (nSPS) is 10.5. The Morgan fingerprint density at radius 2 is 2.06 bits per heavy atom. The fourth-order valence-corrected chi connectivity index (χ4v) is 1.89. The summed E-state index contributed by atoms with van der Waals surface area (Å²) in [6.07, 6.45) is 1.76. The molecule has 1 N–H and O–H groups in total. The summed E-state index contributed by atoms with van der Waals surface area (Å²) < 4.78 is 13.9. The molecule has 1 heterocycles. The van der Waals surface area contributed by atoms with Gasteiger partial charge in [0.1, 0.15) is 5.82 Å². The lowest BCUT2D eigenvalue weighted by Gasteiger charge is -2.06. The Kier molecular flexibility index (Phi) is 4.23. The van der Waals surface area contributed by atoms with Crippen molar-refractivity contribution in [1.82, 2.24) is 10.3 Å². The second-order valence-electron chi connectivity index (χ2n) is 3.66. The van der Waals surface area contributed by atoms with Crippen LogP contribution in [0.4, 0.5) is 4.39 Å². The minimum atomic E-state index is -0.220. The van der Waals surface area contributed by atoms with Crippen molar-refractivity contribution in [2.24, 2.45) is 0 Å². The maximum Gasteiger partial charge on any atom is 0.123 e. The Bertz CT molecular complexity index is 488. The SMILES string of the molecule is Fc1ccc(Br)c(CNCc2ccccn2)c1. The average Bonchev–Trinajstić information content (AvgIpc) is 2.35. The van der Waals surface area contributed by atoms with Gasteiger partial charge in [-0.3, -0.25) is 4.98 Å². The van der Waals surface area contributed by atoms with Crippen molar-refractivity contribution in [3.8, 4) is 0 Å². The number of benzene rings is 1. The third-order valence-electron chi connectivity index (χ3n) is 2.36. The molecule has 1 aromatic heterocycles. The molecule has 0 aliphatic carbocycles. The van der Waals surface area contributed by atoms with E-state index < -0.39 is 0 Å². The molecule has 17 heavy (non-hydrogen) atoms. The highest BCUT2D eigenvalue weighted by atomic mass is 79.9. The minimum Gasteiger partial charge on any atom is -0.307 e. The zero-order valence-electron chi connectivity index (χ0n) is 9.16. The Morgan fingerprint density at radius 3 is 2.82 bits per heavy atom. The van der Waals surface area contributed by atoms with Crippen LogP contribution < -0.4 is 5.32 Å². The highest BCUT2D eigenvalue weighted by Gasteiger charge is 2.01. The molecule has 4 heteroatoms. The molecule has 2 rings (SSSR count). The van der Waals surface area contributed by atoms with Crippen LogP contribution in [-0.2, 0) is 13.1 Å². The number of pyridine rings is 1. The molecule has 0 unspecified atom stereocenters. The van der Waals surface area contributed by atoms with Crippen LogP contribution in [0.3, 0.4) is 0 Å². The number of halogens is 2. The third kappa shape index (κ3) is 3.61. The summed E-state index contributed by atoms with van der Waals surface area (Å²) in [4.78, 5) is 4.20. The number of nitrogens with zero attached hydrogens (tertiary/aromatic N) is 1. The monoisotopic (exact) mass is 294 g/mol. The van der Waals surface area contributed by atoms with Crippen LogP contribution in [0.1, 0.15) is 11.3 Å².